The lowest BCUT2D eigenvalue weighted by Gasteiger charge is -2.21. The number of tetrazole rings is 1. The molecule has 0 radical (unpaired) electrons. The number of hydrogen-bond acceptors (Lipinski definition) is 8. The molecule has 4 aromatic heterocycles. The highest BCUT2D eigenvalue weighted by Gasteiger charge is 2.21. The van der Waals surface area contributed by atoms with Crippen molar-refractivity contribution < 1.29 is 0 Å². The van der Waals surface area contributed by atoms with Gasteiger partial charge in [-0.15, -0.1) is 26.6 Å². The molecule has 0 amide bonds. The minimum absolute atomic E-state index is 0.0413. The summed E-state index contributed by atoms with van der Waals surface area (Å²) in [4.78, 5) is 12.4. The lowest BCUT2D eigenvalue weighted by molar-refractivity contribution is 0.307. The summed E-state index contributed by atoms with van der Waals surface area (Å²) in [7, 11) is 1.73. The molecular weight excluding hydrogens is 384 g/mol. The van der Waals surface area contributed by atoms with Gasteiger partial charge in [0, 0.05) is 7.05 Å². The number of thiophene rings is 1. The van der Waals surface area contributed by atoms with Crippen molar-refractivity contribution in [3.8, 4) is 0 Å². The fourth-order valence-electron chi connectivity index (χ4n) is 3.71. The maximum atomic E-state index is 12.4. The van der Waals surface area contributed by atoms with Gasteiger partial charge in [-0.05, 0) is 34.7 Å². The second kappa shape index (κ2) is 6.71. The Morgan fingerprint density at radius 3 is 2.93 bits per heavy atom. The Bertz CT molecular complexity index is 1170. The molecule has 0 saturated heterocycles. The van der Waals surface area contributed by atoms with Crippen LogP contribution in [0.3, 0.4) is 0 Å². The zero-order valence-corrected chi connectivity index (χ0v) is 16.4. The molecule has 9 nitrogen and oxygen atoms in total. The molecule has 0 atom stereocenters. The van der Waals surface area contributed by atoms with Gasteiger partial charge in [0.15, 0.2) is 0 Å². The predicted molar refractivity (Wildman–Crippen MR) is 103 cm³/mol. The van der Waals surface area contributed by atoms with Crippen molar-refractivity contribution in [3.63, 3.8) is 0 Å². The first-order valence-electron chi connectivity index (χ1n) is 8.95. The molecule has 5 rings (SSSR count). The number of nitrogens with zero attached hydrogens (tertiary/aromatic N) is 8. The van der Waals surface area contributed by atoms with Crippen LogP contribution in [0.4, 0.5) is 0 Å². The van der Waals surface area contributed by atoms with E-state index >= 15 is 0 Å². The molecule has 1 saturated carbocycles. The fraction of sp³-hybridized carbons (Fsp3) is 0.500. The maximum Gasteiger partial charge on any atom is 0.272 e. The second-order valence-corrected chi connectivity index (χ2v) is 8.60. The molecule has 0 spiro atoms. The van der Waals surface area contributed by atoms with Gasteiger partial charge in [-0.1, -0.05) is 31.0 Å². The number of aromatic nitrogens is 8. The molecule has 140 valence electrons. The van der Waals surface area contributed by atoms with Crippen molar-refractivity contribution in [2.45, 2.75) is 49.1 Å². The highest BCUT2D eigenvalue weighted by Crippen LogP contribution is 2.31. The maximum absolute atomic E-state index is 12.4. The first-order chi connectivity index (χ1) is 13.2. The average Bonchev–Trinajstić information content (AvgIpc) is 3.43. The molecule has 1 aliphatic carbocycles. The Morgan fingerprint density at radius 1 is 1.22 bits per heavy atom. The van der Waals surface area contributed by atoms with E-state index in [0.717, 1.165) is 29.3 Å². The topological polar surface area (TPSA) is 95.8 Å². The molecule has 0 N–H and O–H groups in total. The largest absolute Gasteiger partial charge is 0.279 e. The van der Waals surface area contributed by atoms with Gasteiger partial charge in [0.2, 0.25) is 10.9 Å². The van der Waals surface area contributed by atoms with Crippen molar-refractivity contribution in [1.29, 1.82) is 0 Å². The van der Waals surface area contributed by atoms with Gasteiger partial charge in [0.25, 0.3) is 5.56 Å². The number of thioether (sulfide) groups is 1. The van der Waals surface area contributed by atoms with Crippen LogP contribution in [-0.2, 0) is 12.8 Å². The van der Waals surface area contributed by atoms with E-state index in [1.165, 1.54) is 30.6 Å². The highest BCUT2D eigenvalue weighted by molar-refractivity contribution is 7.98. The summed E-state index contributed by atoms with van der Waals surface area (Å²) in [6, 6.07) is 2.33. The molecule has 4 heterocycles. The standard InChI is InChI=1S/C16H18N8OS2/c1-22-14(25)13-11(7-8-26-13)23-12(17-18-15(22)23)9-27-16-19-20-21-24(16)10-5-3-2-4-6-10/h7-8,10H,2-6,9H2,1H3. The molecule has 0 unspecified atom stereocenters. The van der Waals surface area contributed by atoms with E-state index in [4.69, 9.17) is 0 Å². The van der Waals surface area contributed by atoms with Crippen LogP contribution in [0.15, 0.2) is 21.4 Å². The summed E-state index contributed by atoms with van der Waals surface area (Å²) in [5.41, 5.74) is 0.811. The molecule has 11 heteroatoms. The van der Waals surface area contributed by atoms with Crippen LogP contribution in [-0.4, -0.2) is 39.4 Å². The molecule has 27 heavy (non-hydrogen) atoms. The smallest absolute Gasteiger partial charge is 0.272 e. The normalized spacial score (nSPS) is 15.9. The lowest BCUT2D eigenvalue weighted by atomic mass is 9.96. The van der Waals surface area contributed by atoms with E-state index in [2.05, 4.69) is 25.7 Å². The Kier molecular flexibility index (Phi) is 4.20. The molecular formula is C16H18N8OS2. The Hall–Kier alpha value is -2.27. The number of aryl methyl sites for hydroxylation is 1. The van der Waals surface area contributed by atoms with Gasteiger partial charge in [-0.25, -0.2) is 4.68 Å². The number of fused-ring (bicyclic) bond motifs is 3. The van der Waals surface area contributed by atoms with Gasteiger partial charge in [0.1, 0.15) is 10.5 Å². The van der Waals surface area contributed by atoms with Crippen LogP contribution in [0.2, 0.25) is 0 Å². The van der Waals surface area contributed by atoms with Crippen molar-refractivity contribution in [3.05, 3.63) is 27.6 Å². The Morgan fingerprint density at radius 2 is 2.07 bits per heavy atom. The average molecular weight is 403 g/mol. The quantitative estimate of drug-likeness (QED) is 0.484. The van der Waals surface area contributed by atoms with Gasteiger partial charge in [-0.2, -0.15) is 0 Å². The summed E-state index contributed by atoms with van der Waals surface area (Å²) in [6.45, 7) is 0. The van der Waals surface area contributed by atoms with Crippen molar-refractivity contribution in [1.82, 2.24) is 39.4 Å². The summed E-state index contributed by atoms with van der Waals surface area (Å²) >= 11 is 3.00. The third kappa shape index (κ3) is 2.76. The van der Waals surface area contributed by atoms with Gasteiger partial charge < -0.3 is 0 Å². The van der Waals surface area contributed by atoms with Crippen molar-refractivity contribution >= 4 is 39.1 Å². The third-order valence-corrected chi connectivity index (χ3v) is 6.93. The third-order valence-electron chi connectivity index (χ3n) is 5.11. The summed E-state index contributed by atoms with van der Waals surface area (Å²) in [5, 5.41) is 23.6. The minimum atomic E-state index is -0.0413. The summed E-state index contributed by atoms with van der Waals surface area (Å²) in [6.07, 6.45) is 6.01. The molecule has 1 fully saturated rings. The van der Waals surface area contributed by atoms with Gasteiger partial charge in [-0.3, -0.25) is 13.8 Å². The number of hydrogen-bond donors (Lipinski definition) is 0. The Labute approximate surface area is 162 Å². The number of rotatable bonds is 4. The molecule has 1 aliphatic rings. The van der Waals surface area contributed by atoms with E-state index in [-0.39, 0.29) is 5.56 Å². The first-order valence-corrected chi connectivity index (χ1v) is 10.8. The predicted octanol–water partition coefficient (Wildman–Crippen LogP) is 2.43. The van der Waals surface area contributed by atoms with Crippen LogP contribution in [0, 0.1) is 0 Å². The minimum Gasteiger partial charge on any atom is -0.279 e. The highest BCUT2D eigenvalue weighted by atomic mass is 32.2. The van der Waals surface area contributed by atoms with Crippen molar-refractivity contribution in [2.75, 3.05) is 0 Å². The Balaban J connectivity index is 1.48. The molecule has 4 aromatic rings. The fourth-order valence-corrected chi connectivity index (χ4v) is 5.42. The first kappa shape index (κ1) is 16.9. The van der Waals surface area contributed by atoms with E-state index in [0.29, 0.717) is 22.3 Å². The monoisotopic (exact) mass is 402 g/mol. The van der Waals surface area contributed by atoms with Crippen molar-refractivity contribution in [2.24, 2.45) is 7.05 Å². The van der Waals surface area contributed by atoms with Gasteiger partial charge >= 0.3 is 0 Å². The van der Waals surface area contributed by atoms with Crippen LogP contribution in [0.25, 0.3) is 16.0 Å². The lowest BCUT2D eigenvalue weighted by Crippen LogP contribution is -2.19. The molecule has 0 bridgehead atoms. The molecule has 0 aromatic carbocycles. The van der Waals surface area contributed by atoms with E-state index in [1.807, 2.05) is 20.5 Å². The second-order valence-electron chi connectivity index (χ2n) is 6.74. The van der Waals surface area contributed by atoms with Crippen LogP contribution < -0.4 is 5.56 Å². The van der Waals surface area contributed by atoms with Crippen LogP contribution in [0.1, 0.15) is 44.0 Å². The van der Waals surface area contributed by atoms with Crippen LogP contribution >= 0.6 is 23.1 Å². The van der Waals surface area contributed by atoms with E-state index < -0.39 is 0 Å². The SMILES string of the molecule is Cn1c(=O)c2sccc2n2c(CSc3nnnn3C3CCCCC3)nnc12. The molecule has 0 aliphatic heterocycles. The van der Waals surface area contributed by atoms with Crippen LogP contribution in [0.5, 0.6) is 0 Å². The zero-order chi connectivity index (χ0) is 18.4. The van der Waals surface area contributed by atoms with Gasteiger partial charge in [0.05, 0.1) is 17.3 Å². The van der Waals surface area contributed by atoms with E-state index in [1.54, 1.807) is 23.4 Å². The summed E-state index contributed by atoms with van der Waals surface area (Å²) < 4.78 is 6.17. The zero-order valence-electron chi connectivity index (χ0n) is 14.8. The summed E-state index contributed by atoms with van der Waals surface area (Å²) in [5.74, 6) is 1.91. The van der Waals surface area contributed by atoms with E-state index in [9.17, 15) is 4.79 Å².